The van der Waals surface area contributed by atoms with Crippen molar-refractivity contribution in [1.82, 2.24) is 10.3 Å². The van der Waals surface area contributed by atoms with Crippen molar-refractivity contribution in [3.63, 3.8) is 0 Å². The minimum Gasteiger partial charge on any atom is -0.344 e. The Balaban J connectivity index is 1.47. The Morgan fingerprint density at radius 3 is 2.65 bits per heavy atom. The molecule has 2 heterocycles. The second kappa shape index (κ2) is 7.05. The van der Waals surface area contributed by atoms with Crippen molar-refractivity contribution in [2.45, 2.75) is 19.4 Å². The highest BCUT2D eigenvalue weighted by Crippen LogP contribution is 2.22. The van der Waals surface area contributed by atoms with Crippen LogP contribution in [0, 0.1) is 0 Å². The number of nitrogens with zero attached hydrogens (tertiary/aromatic N) is 3. The van der Waals surface area contributed by atoms with Gasteiger partial charge in [-0.15, -0.1) is 11.3 Å². The summed E-state index contributed by atoms with van der Waals surface area (Å²) in [7, 11) is 0. The van der Waals surface area contributed by atoms with E-state index in [1.807, 2.05) is 42.5 Å². The maximum absolute atomic E-state index is 12.5. The molecule has 0 bridgehead atoms. The van der Waals surface area contributed by atoms with Crippen LogP contribution < -0.4 is 10.3 Å². The van der Waals surface area contributed by atoms with E-state index in [4.69, 9.17) is 0 Å². The zero-order valence-corrected chi connectivity index (χ0v) is 14.7. The van der Waals surface area contributed by atoms with Gasteiger partial charge >= 0.3 is 0 Å². The highest BCUT2D eigenvalue weighted by Gasteiger charge is 2.25. The monoisotopic (exact) mass is 364 g/mol. The average Bonchev–Trinajstić information content (AvgIpc) is 3.10. The van der Waals surface area contributed by atoms with Crippen molar-refractivity contribution in [2.24, 2.45) is 5.10 Å². The molecule has 1 aliphatic rings. The van der Waals surface area contributed by atoms with Gasteiger partial charge in [-0.3, -0.25) is 9.59 Å². The first-order valence-corrected chi connectivity index (χ1v) is 9.10. The Morgan fingerprint density at radius 1 is 1.08 bits per heavy atom. The maximum atomic E-state index is 12.5. The minimum absolute atomic E-state index is 0.112. The Kier molecular flexibility index (Phi) is 4.45. The number of anilines is 1. The van der Waals surface area contributed by atoms with Gasteiger partial charge in [0.1, 0.15) is 10.7 Å². The molecule has 0 spiro atoms. The van der Waals surface area contributed by atoms with Crippen LogP contribution in [0.2, 0.25) is 0 Å². The van der Waals surface area contributed by atoms with E-state index in [9.17, 15) is 9.59 Å². The lowest BCUT2D eigenvalue weighted by Crippen LogP contribution is -2.38. The quantitative estimate of drug-likeness (QED) is 0.773. The number of rotatable bonds is 4. The van der Waals surface area contributed by atoms with E-state index in [0.717, 1.165) is 15.2 Å². The van der Waals surface area contributed by atoms with Gasteiger partial charge < -0.3 is 5.32 Å². The number of fused-ring (bicyclic) bond motifs is 1. The normalized spacial score (nSPS) is 14.4. The highest BCUT2D eigenvalue weighted by atomic mass is 32.1. The van der Waals surface area contributed by atoms with E-state index in [0.29, 0.717) is 24.4 Å². The third-order valence-electron chi connectivity index (χ3n) is 4.03. The number of amides is 2. The van der Waals surface area contributed by atoms with E-state index >= 15 is 0 Å². The molecule has 2 aromatic carbocycles. The number of thiazole rings is 1. The summed E-state index contributed by atoms with van der Waals surface area (Å²) in [5.41, 5.74) is 1.95. The number of aromatic nitrogens is 1. The van der Waals surface area contributed by atoms with E-state index < -0.39 is 0 Å². The van der Waals surface area contributed by atoms with Gasteiger partial charge in [-0.1, -0.05) is 30.3 Å². The average molecular weight is 364 g/mol. The molecule has 0 saturated heterocycles. The number of hydrogen-bond acceptors (Lipinski definition) is 5. The number of hydrogen-bond donors (Lipinski definition) is 1. The standard InChI is InChI=1S/C19H16N4O2S/c24-18-11-10-15(22-23(18)13-6-2-1-3-7-13)19(25)20-12-17-21-14-8-4-5-9-16(14)26-17/h1-9H,10-12H2,(H,20,25). The van der Waals surface area contributed by atoms with Gasteiger partial charge in [-0.2, -0.15) is 5.10 Å². The molecule has 1 aliphatic heterocycles. The Labute approximate surface area is 154 Å². The summed E-state index contributed by atoms with van der Waals surface area (Å²) < 4.78 is 1.09. The van der Waals surface area contributed by atoms with Crippen LogP contribution >= 0.6 is 11.3 Å². The molecule has 0 fully saturated rings. The smallest absolute Gasteiger partial charge is 0.267 e. The molecule has 0 aliphatic carbocycles. The Morgan fingerprint density at radius 2 is 1.85 bits per heavy atom. The van der Waals surface area contributed by atoms with E-state index in [-0.39, 0.29) is 18.2 Å². The van der Waals surface area contributed by atoms with Gasteiger partial charge in [0.2, 0.25) is 5.91 Å². The second-order valence-electron chi connectivity index (χ2n) is 5.85. The number of benzene rings is 2. The Hall–Kier alpha value is -3.06. The molecule has 0 unspecified atom stereocenters. The van der Waals surface area contributed by atoms with Crippen LogP contribution in [0.25, 0.3) is 10.2 Å². The summed E-state index contributed by atoms with van der Waals surface area (Å²) in [5, 5.41) is 9.26. The molecule has 1 N–H and O–H groups in total. The molecule has 3 aromatic rings. The number of carbonyl (C=O) groups excluding carboxylic acids is 2. The first kappa shape index (κ1) is 16.4. The van der Waals surface area contributed by atoms with Gasteiger partial charge in [-0.05, 0) is 24.3 Å². The zero-order chi connectivity index (χ0) is 17.9. The predicted octanol–water partition coefficient (Wildman–Crippen LogP) is 3.10. The first-order valence-electron chi connectivity index (χ1n) is 8.29. The molecule has 0 atom stereocenters. The summed E-state index contributed by atoms with van der Waals surface area (Å²) in [6.45, 7) is 0.344. The van der Waals surface area contributed by atoms with Crippen LogP contribution in [0.15, 0.2) is 59.7 Å². The fraction of sp³-hybridized carbons (Fsp3) is 0.158. The zero-order valence-electron chi connectivity index (χ0n) is 13.9. The third kappa shape index (κ3) is 3.34. The molecular formula is C19H16N4O2S. The molecular weight excluding hydrogens is 348 g/mol. The lowest BCUT2D eigenvalue weighted by Gasteiger charge is -2.23. The van der Waals surface area contributed by atoms with Crippen LogP contribution in [0.3, 0.4) is 0 Å². The van der Waals surface area contributed by atoms with Gasteiger partial charge in [-0.25, -0.2) is 9.99 Å². The summed E-state index contributed by atoms with van der Waals surface area (Å²) >= 11 is 1.55. The lowest BCUT2D eigenvalue weighted by atomic mass is 10.1. The lowest BCUT2D eigenvalue weighted by molar-refractivity contribution is -0.119. The second-order valence-corrected chi connectivity index (χ2v) is 6.96. The Bertz CT molecular complexity index is 964. The predicted molar refractivity (Wildman–Crippen MR) is 102 cm³/mol. The molecule has 7 heteroatoms. The molecule has 1 aromatic heterocycles. The molecule has 2 amide bonds. The molecule has 4 rings (SSSR count). The minimum atomic E-state index is -0.266. The topological polar surface area (TPSA) is 74.7 Å². The molecule has 6 nitrogen and oxygen atoms in total. The van der Waals surface area contributed by atoms with Crippen molar-refractivity contribution in [3.8, 4) is 0 Å². The molecule has 26 heavy (non-hydrogen) atoms. The van der Waals surface area contributed by atoms with Gasteiger partial charge in [0.15, 0.2) is 0 Å². The number of para-hydroxylation sites is 2. The number of hydrazone groups is 1. The summed E-state index contributed by atoms with van der Waals surface area (Å²) in [6.07, 6.45) is 0.607. The molecule has 130 valence electrons. The van der Waals surface area contributed by atoms with Crippen LogP contribution in [-0.4, -0.2) is 22.5 Å². The summed E-state index contributed by atoms with van der Waals surface area (Å²) in [5.74, 6) is -0.378. The van der Waals surface area contributed by atoms with Crippen molar-refractivity contribution in [1.29, 1.82) is 0 Å². The van der Waals surface area contributed by atoms with E-state index in [1.165, 1.54) is 5.01 Å². The van der Waals surface area contributed by atoms with E-state index in [2.05, 4.69) is 15.4 Å². The maximum Gasteiger partial charge on any atom is 0.267 e. The van der Waals surface area contributed by atoms with Crippen molar-refractivity contribution < 1.29 is 9.59 Å². The van der Waals surface area contributed by atoms with Gasteiger partial charge in [0, 0.05) is 12.8 Å². The first-order chi connectivity index (χ1) is 12.7. The van der Waals surface area contributed by atoms with E-state index in [1.54, 1.807) is 23.5 Å². The summed E-state index contributed by atoms with van der Waals surface area (Å²) in [4.78, 5) is 29.1. The number of carbonyl (C=O) groups is 2. The fourth-order valence-electron chi connectivity index (χ4n) is 2.74. The largest absolute Gasteiger partial charge is 0.344 e. The van der Waals surface area contributed by atoms with Crippen molar-refractivity contribution in [3.05, 3.63) is 59.6 Å². The van der Waals surface area contributed by atoms with Gasteiger partial charge in [0.05, 0.1) is 22.4 Å². The molecule has 0 saturated carbocycles. The van der Waals surface area contributed by atoms with Crippen molar-refractivity contribution in [2.75, 3.05) is 5.01 Å². The van der Waals surface area contributed by atoms with Crippen LogP contribution in [-0.2, 0) is 16.1 Å². The van der Waals surface area contributed by atoms with Gasteiger partial charge in [0.25, 0.3) is 5.91 Å². The van der Waals surface area contributed by atoms with Crippen LogP contribution in [0.4, 0.5) is 5.69 Å². The summed E-state index contributed by atoms with van der Waals surface area (Å²) in [6, 6.07) is 17.0. The fourth-order valence-corrected chi connectivity index (χ4v) is 3.65. The third-order valence-corrected chi connectivity index (χ3v) is 5.07. The molecule has 0 radical (unpaired) electrons. The van der Waals surface area contributed by atoms with Crippen LogP contribution in [0.5, 0.6) is 0 Å². The highest BCUT2D eigenvalue weighted by molar-refractivity contribution is 7.18. The van der Waals surface area contributed by atoms with Crippen molar-refractivity contribution >= 4 is 44.8 Å². The van der Waals surface area contributed by atoms with Crippen LogP contribution in [0.1, 0.15) is 17.8 Å². The SMILES string of the molecule is O=C(NCc1nc2ccccc2s1)C1=NN(c2ccccc2)C(=O)CC1. The number of nitrogens with one attached hydrogen (secondary N) is 1.